The molecular weight excluding hydrogens is 290 g/mol. The number of nitrogens with zero attached hydrogens (tertiary/aromatic N) is 1. The van der Waals surface area contributed by atoms with Crippen molar-refractivity contribution >= 4 is 18.0 Å². The van der Waals surface area contributed by atoms with Gasteiger partial charge in [0.1, 0.15) is 18.8 Å². The number of hydrogen-bond donors (Lipinski definition) is 0. The predicted molar refractivity (Wildman–Crippen MR) is 80.2 cm³/mol. The first kappa shape index (κ1) is 19.9. The van der Waals surface area contributed by atoms with E-state index in [1.54, 1.807) is 27.7 Å². The lowest BCUT2D eigenvalue weighted by atomic mass is 10.1. The summed E-state index contributed by atoms with van der Waals surface area (Å²) in [7, 11) is 1.22. The van der Waals surface area contributed by atoms with Crippen LogP contribution in [0.2, 0.25) is 0 Å². The molecule has 0 unspecified atom stereocenters. The average molecular weight is 315 g/mol. The van der Waals surface area contributed by atoms with E-state index in [0.29, 0.717) is 0 Å². The molecule has 0 aliphatic carbocycles. The zero-order chi connectivity index (χ0) is 17.3. The third-order valence-electron chi connectivity index (χ3n) is 2.50. The maximum atomic E-state index is 12.0. The van der Waals surface area contributed by atoms with Crippen LogP contribution in [0.25, 0.3) is 0 Å². The van der Waals surface area contributed by atoms with Crippen molar-refractivity contribution in [3.8, 4) is 0 Å². The van der Waals surface area contributed by atoms with Gasteiger partial charge in [0.15, 0.2) is 0 Å². The monoisotopic (exact) mass is 315 g/mol. The average Bonchev–Trinajstić information content (AvgIpc) is 2.39. The van der Waals surface area contributed by atoms with E-state index in [1.807, 2.05) is 0 Å². The second-order valence-corrected chi connectivity index (χ2v) is 5.71. The number of ether oxygens (including phenoxy) is 3. The maximum absolute atomic E-state index is 12.0. The van der Waals surface area contributed by atoms with E-state index in [0.717, 1.165) is 4.90 Å². The van der Waals surface area contributed by atoms with Crippen molar-refractivity contribution in [2.45, 2.75) is 45.8 Å². The van der Waals surface area contributed by atoms with Crippen molar-refractivity contribution in [2.24, 2.45) is 0 Å². The molecule has 1 amide bonds. The molecule has 0 aliphatic rings. The Morgan fingerprint density at radius 2 is 1.82 bits per heavy atom. The Labute approximate surface area is 131 Å². The fourth-order valence-corrected chi connectivity index (χ4v) is 1.55. The van der Waals surface area contributed by atoms with Gasteiger partial charge >= 0.3 is 18.0 Å². The molecule has 0 aliphatic heterocycles. The number of amides is 1. The lowest BCUT2D eigenvalue weighted by Gasteiger charge is -2.28. The van der Waals surface area contributed by atoms with E-state index in [2.05, 4.69) is 11.3 Å². The second-order valence-electron chi connectivity index (χ2n) is 5.71. The summed E-state index contributed by atoms with van der Waals surface area (Å²) in [5.74, 6) is -1.07. The van der Waals surface area contributed by atoms with E-state index >= 15 is 0 Å². The Bertz CT molecular complexity index is 413. The van der Waals surface area contributed by atoms with Gasteiger partial charge < -0.3 is 14.2 Å². The van der Waals surface area contributed by atoms with Crippen LogP contribution in [0, 0.1) is 0 Å². The lowest BCUT2D eigenvalue weighted by molar-refractivity contribution is -0.156. The number of carbonyl (C=O) groups is 3. The molecule has 126 valence electrons. The highest BCUT2D eigenvalue weighted by atomic mass is 16.6. The van der Waals surface area contributed by atoms with Crippen molar-refractivity contribution in [2.75, 3.05) is 20.3 Å². The van der Waals surface area contributed by atoms with E-state index in [4.69, 9.17) is 9.47 Å². The van der Waals surface area contributed by atoms with Crippen molar-refractivity contribution < 1.29 is 28.6 Å². The van der Waals surface area contributed by atoms with Crippen molar-refractivity contribution in [1.82, 2.24) is 4.90 Å². The molecule has 0 heterocycles. The number of methoxy groups -OCH3 is 1. The highest BCUT2D eigenvalue weighted by Crippen LogP contribution is 2.13. The largest absolute Gasteiger partial charge is 0.468 e. The van der Waals surface area contributed by atoms with Crippen LogP contribution in [0.3, 0.4) is 0 Å². The molecule has 0 N–H and O–H groups in total. The molecule has 0 aromatic carbocycles. The Morgan fingerprint density at radius 3 is 2.27 bits per heavy atom. The first-order valence-electron chi connectivity index (χ1n) is 6.93. The third kappa shape index (κ3) is 8.28. The van der Waals surface area contributed by atoms with Gasteiger partial charge in [-0.15, -0.1) is 0 Å². The number of rotatable bonds is 7. The minimum absolute atomic E-state index is 0.00959. The quantitative estimate of drug-likeness (QED) is 0.405. The molecule has 7 nitrogen and oxygen atoms in total. The van der Waals surface area contributed by atoms with E-state index in [-0.39, 0.29) is 19.6 Å². The van der Waals surface area contributed by atoms with Gasteiger partial charge in [0.05, 0.1) is 13.5 Å². The molecule has 22 heavy (non-hydrogen) atoms. The minimum atomic E-state index is -0.721. The number of carbonyl (C=O) groups excluding carboxylic acids is 3. The van der Waals surface area contributed by atoms with Crippen LogP contribution in [0.15, 0.2) is 12.7 Å². The Kier molecular flexibility index (Phi) is 8.22. The summed E-state index contributed by atoms with van der Waals surface area (Å²) in [5, 5.41) is 0. The molecule has 0 spiro atoms. The fourth-order valence-electron chi connectivity index (χ4n) is 1.55. The second kappa shape index (κ2) is 9.07. The Hall–Kier alpha value is -2.05. The van der Waals surface area contributed by atoms with Crippen molar-refractivity contribution in [1.29, 1.82) is 0 Å². The van der Waals surface area contributed by atoms with Crippen molar-refractivity contribution in [3.05, 3.63) is 12.7 Å². The molecule has 1 atom stereocenters. The molecule has 0 bridgehead atoms. The maximum Gasteiger partial charge on any atom is 0.410 e. The summed E-state index contributed by atoms with van der Waals surface area (Å²) in [4.78, 5) is 36.3. The van der Waals surface area contributed by atoms with Crippen LogP contribution in [0.4, 0.5) is 4.79 Å². The molecule has 0 aromatic rings. The van der Waals surface area contributed by atoms with Gasteiger partial charge in [0.25, 0.3) is 0 Å². The fraction of sp³-hybridized carbons (Fsp3) is 0.667. The van der Waals surface area contributed by atoms with Gasteiger partial charge in [-0.25, -0.2) is 4.79 Å². The summed E-state index contributed by atoms with van der Waals surface area (Å²) in [6.07, 6.45) is 0.630. The molecule has 0 rings (SSSR count). The van der Waals surface area contributed by atoms with E-state index in [1.165, 1.54) is 13.2 Å². The van der Waals surface area contributed by atoms with E-state index < -0.39 is 29.7 Å². The summed E-state index contributed by atoms with van der Waals surface area (Å²) >= 11 is 0. The minimum Gasteiger partial charge on any atom is -0.468 e. The van der Waals surface area contributed by atoms with Crippen LogP contribution in [-0.2, 0) is 23.8 Å². The molecule has 7 heteroatoms. The molecule has 0 radical (unpaired) electrons. The summed E-state index contributed by atoms with van der Waals surface area (Å²) in [6.45, 7) is 10.0. The van der Waals surface area contributed by atoms with Gasteiger partial charge in [-0.2, -0.15) is 0 Å². The topological polar surface area (TPSA) is 82.1 Å². The van der Waals surface area contributed by atoms with Crippen LogP contribution in [0.1, 0.15) is 34.1 Å². The molecular formula is C15H25NO6. The summed E-state index contributed by atoms with van der Waals surface area (Å²) in [6, 6.07) is -0.578. The SMILES string of the molecule is C=CCOC(=O)N(CC(=O)OC)[C@@H](C)CC(=O)OC(C)(C)C. The summed E-state index contributed by atoms with van der Waals surface area (Å²) < 4.78 is 14.7. The third-order valence-corrected chi connectivity index (χ3v) is 2.50. The van der Waals surface area contributed by atoms with Gasteiger partial charge in [-0.1, -0.05) is 12.7 Å². The molecule has 0 saturated heterocycles. The predicted octanol–water partition coefficient (Wildman–Crippen LogP) is 1.90. The zero-order valence-corrected chi connectivity index (χ0v) is 13.9. The van der Waals surface area contributed by atoms with E-state index in [9.17, 15) is 14.4 Å². The van der Waals surface area contributed by atoms with Crippen LogP contribution in [0.5, 0.6) is 0 Å². The standard InChI is InChI=1S/C15H25NO6/c1-7-8-21-14(19)16(10-13(18)20-6)11(2)9-12(17)22-15(3,4)5/h7,11H,1,8-10H2,2-6H3/t11-/m0/s1. The highest BCUT2D eigenvalue weighted by Gasteiger charge is 2.28. The van der Waals surface area contributed by atoms with Gasteiger partial charge in [-0.05, 0) is 27.7 Å². The van der Waals surface area contributed by atoms with Crippen LogP contribution in [-0.4, -0.2) is 54.8 Å². The first-order valence-corrected chi connectivity index (χ1v) is 6.93. The Morgan fingerprint density at radius 1 is 1.23 bits per heavy atom. The van der Waals surface area contributed by atoms with Gasteiger partial charge in [0, 0.05) is 6.04 Å². The highest BCUT2D eigenvalue weighted by molar-refractivity contribution is 5.79. The van der Waals surface area contributed by atoms with Crippen LogP contribution >= 0.6 is 0 Å². The van der Waals surface area contributed by atoms with Gasteiger partial charge in [0.2, 0.25) is 0 Å². The normalized spacial score (nSPS) is 12.0. The zero-order valence-electron chi connectivity index (χ0n) is 13.9. The smallest absolute Gasteiger partial charge is 0.410 e. The Balaban J connectivity index is 4.83. The molecule has 0 fully saturated rings. The van der Waals surface area contributed by atoms with Gasteiger partial charge in [-0.3, -0.25) is 14.5 Å². The molecule has 0 saturated carbocycles. The lowest BCUT2D eigenvalue weighted by Crippen LogP contribution is -2.44. The molecule has 0 aromatic heterocycles. The van der Waals surface area contributed by atoms with Crippen molar-refractivity contribution in [3.63, 3.8) is 0 Å². The number of esters is 2. The first-order chi connectivity index (χ1) is 10.1. The van der Waals surface area contributed by atoms with Crippen LogP contribution < -0.4 is 0 Å². The number of hydrogen-bond acceptors (Lipinski definition) is 6. The summed E-state index contributed by atoms with van der Waals surface area (Å²) in [5.41, 5.74) is -0.618.